The average Bonchev–Trinajstić information content (AvgIpc) is 3.14. The van der Waals surface area contributed by atoms with Gasteiger partial charge in [-0.1, -0.05) is 30.3 Å². The molecule has 2 aromatic heterocycles. The molecule has 0 aliphatic carbocycles. The number of hydrogen-bond acceptors (Lipinski definition) is 5. The smallest absolute Gasteiger partial charge is 0.118 e. The van der Waals surface area contributed by atoms with Gasteiger partial charge in [-0.05, 0) is 29.8 Å². The summed E-state index contributed by atoms with van der Waals surface area (Å²) in [7, 11) is 1.69. The summed E-state index contributed by atoms with van der Waals surface area (Å²) in [6.45, 7) is 0. The molecule has 5 heteroatoms. The predicted molar refractivity (Wildman–Crippen MR) is 109 cm³/mol. The topological polar surface area (TPSA) is 35.0 Å². The van der Waals surface area contributed by atoms with Crippen molar-refractivity contribution in [3.8, 4) is 5.75 Å². The molecule has 0 aliphatic rings. The van der Waals surface area contributed by atoms with E-state index in [2.05, 4.69) is 46.8 Å². The zero-order valence-corrected chi connectivity index (χ0v) is 16.0. The quantitative estimate of drug-likeness (QED) is 0.410. The Kier molecular flexibility index (Phi) is 5.18. The van der Waals surface area contributed by atoms with Crippen molar-refractivity contribution in [1.29, 1.82) is 0 Å². The first kappa shape index (κ1) is 17.1. The molecule has 26 heavy (non-hydrogen) atoms. The average molecular weight is 379 g/mol. The molecule has 130 valence electrons. The van der Waals surface area contributed by atoms with Gasteiger partial charge in [0.05, 0.1) is 23.3 Å². The third kappa shape index (κ3) is 3.89. The first-order valence-electron chi connectivity index (χ1n) is 8.34. The number of nitrogens with zero attached hydrogens (tertiary/aromatic N) is 2. The molecular formula is C21H18N2OS2. The predicted octanol–water partition coefficient (Wildman–Crippen LogP) is 5.58. The monoisotopic (exact) mass is 378 g/mol. The molecule has 2 aromatic carbocycles. The minimum Gasteiger partial charge on any atom is -0.497 e. The second-order valence-corrected chi connectivity index (χ2v) is 7.84. The van der Waals surface area contributed by atoms with Crippen molar-refractivity contribution >= 4 is 34.0 Å². The fraction of sp³-hybridized carbons (Fsp3) is 0.143. The van der Waals surface area contributed by atoms with E-state index in [1.165, 1.54) is 15.8 Å². The van der Waals surface area contributed by atoms with Crippen LogP contribution in [-0.2, 0) is 12.2 Å². The largest absolute Gasteiger partial charge is 0.497 e. The van der Waals surface area contributed by atoms with E-state index in [9.17, 15) is 0 Å². The number of hydrogen-bond donors (Lipinski definition) is 0. The Morgan fingerprint density at radius 1 is 1.04 bits per heavy atom. The maximum Gasteiger partial charge on any atom is 0.118 e. The second kappa shape index (κ2) is 7.89. The van der Waals surface area contributed by atoms with Crippen LogP contribution in [-0.4, -0.2) is 17.1 Å². The van der Waals surface area contributed by atoms with Crippen LogP contribution in [0.15, 0.2) is 71.1 Å². The third-order valence-electron chi connectivity index (χ3n) is 4.08. The molecule has 0 fully saturated rings. The summed E-state index contributed by atoms with van der Waals surface area (Å²) in [6, 6.07) is 18.6. The summed E-state index contributed by atoms with van der Waals surface area (Å²) < 4.78 is 5.21. The highest BCUT2D eigenvalue weighted by Gasteiger charge is 2.07. The maximum atomic E-state index is 5.21. The Morgan fingerprint density at radius 2 is 1.88 bits per heavy atom. The highest BCUT2D eigenvalue weighted by atomic mass is 32.2. The van der Waals surface area contributed by atoms with Gasteiger partial charge in [0, 0.05) is 34.0 Å². The number of ether oxygens (including phenoxy) is 1. The third-order valence-corrected chi connectivity index (χ3v) is 6.06. The lowest BCUT2D eigenvalue weighted by Crippen LogP contribution is -1.90. The summed E-state index contributed by atoms with van der Waals surface area (Å²) in [5, 5.41) is 4.47. The van der Waals surface area contributed by atoms with E-state index in [0.29, 0.717) is 0 Å². The van der Waals surface area contributed by atoms with Gasteiger partial charge in [0.15, 0.2) is 0 Å². The molecule has 4 rings (SSSR count). The van der Waals surface area contributed by atoms with Gasteiger partial charge in [-0.25, -0.2) is 4.98 Å². The summed E-state index contributed by atoms with van der Waals surface area (Å²) in [4.78, 5) is 10.5. The van der Waals surface area contributed by atoms with Crippen LogP contribution in [0.4, 0.5) is 0 Å². The molecule has 0 aliphatic heterocycles. The van der Waals surface area contributed by atoms with Crippen LogP contribution in [0, 0.1) is 0 Å². The van der Waals surface area contributed by atoms with E-state index < -0.39 is 0 Å². The van der Waals surface area contributed by atoms with Crippen LogP contribution in [0.3, 0.4) is 0 Å². The molecule has 3 nitrogen and oxygen atoms in total. The number of rotatable bonds is 6. The van der Waals surface area contributed by atoms with E-state index in [-0.39, 0.29) is 0 Å². The number of thioether (sulfide) groups is 1. The molecule has 0 radical (unpaired) electrons. The van der Waals surface area contributed by atoms with Gasteiger partial charge in [-0.15, -0.1) is 23.1 Å². The molecule has 0 bridgehead atoms. The van der Waals surface area contributed by atoms with Crippen molar-refractivity contribution in [3.05, 3.63) is 82.4 Å². The van der Waals surface area contributed by atoms with Gasteiger partial charge in [-0.2, -0.15) is 0 Å². The van der Waals surface area contributed by atoms with Crippen molar-refractivity contribution in [2.24, 2.45) is 0 Å². The van der Waals surface area contributed by atoms with Crippen LogP contribution in [0.25, 0.3) is 10.9 Å². The highest BCUT2D eigenvalue weighted by molar-refractivity contribution is 7.98. The van der Waals surface area contributed by atoms with Crippen molar-refractivity contribution in [2.75, 3.05) is 7.11 Å². The first-order valence-corrected chi connectivity index (χ1v) is 10.2. The van der Waals surface area contributed by atoms with E-state index in [4.69, 9.17) is 9.72 Å². The van der Waals surface area contributed by atoms with E-state index in [1.807, 2.05) is 24.4 Å². The molecule has 0 saturated carbocycles. The first-order chi connectivity index (χ1) is 12.8. The van der Waals surface area contributed by atoms with Crippen molar-refractivity contribution in [3.63, 3.8) is 0 Å². The summed E-state index contributed by atoms with van der Waals surface area (Å²) in [5.74, 6) is 1.74. The summed E-state index contributed by atoms with van der Waals surface area (Å²) in [5.41, 5.74) is 3.43. The summed E-state index contributed by atoms with van der Waals surface area (Å²) >= 11 is 3.51. The molecule has 0 unspecified atom stereocenters. The Balaban J connectivity index is 1.43. The van der Waals surface area contributed by atoms with Crippen molar-refractivity contribution in [2.45, 2.75) is 17.1 Å². The van der Waals surface area contributed by atoms with Gasteiger partial charge in [0.25, 0.3) is 0 Å². The van der Waals surface area contributed by atoms with E-state index >= 15 is 0 Å². The summed E-state index contributed by atoms with van der Waals surface area (Å²) in [6.07, 6.45) is 2.71. The van der Waals surface area contributed by atoms with Crippen molar-refractivity contribution < 1.29 is 4.74 Å². The standard InChI is InChI=1S/C21H18N2OS2/c1-24-18-9-7-15(8-10-18)12-20-23-17(14-26-20)13-25-19-6-2-4-16-5-3-11-22-21(16)19/h2-11,14H,12-13H2,1H3. The number of fused-ring (bicyclic) bond motifs is 1. The van der Waals surface area contributed by atoms with Gasteiger partial charge in [0.1, 0.15) is 5.75 Å². The van der Waals surface area contributed by atoms with Crippen molar-refractivity contribution in [1.82, 2.24) is 9.97 Å². The van der Waals surface area contributed by atoms with Crippen LogP contribution in [0.2, 0.25) is 0 Å². The molecule has 0 atom stereocenters. The van der Waals surface area contributed by atoms with Gasteiger partial charge in [-0.3, -0.25) is 4.98 Å². The van der Waals surface area contributed by atoms with Crippen LogP contribution < -0.4 is 4.74 Å². The number of methoxy groups -OCH3 is 1. The minimum absolute atomic E-state index is 0.856. The van der Waals surface area contributed by atoms with Gasteiger partial charge in [0.2, 0.25) is 0 Å². The minimum atomic E-state index is 0.856. The zero-order valence-electron chi connectivity index (χ0n) is 14.4. The Hall–Kier alpha value is -2.37. The lowest BCUT2D eigenvalue weighted by Gasteiger charge is -2.04. The highest BCUT2D eigenvalue weighted by Crippen LogP contribution is 2.29. The lowest BCUT2D eigenvalue weighted by molar-refractivity contribution is 0.414. The van der Waals surface area contributed by atoms with E-state index in [0.717, 1.165) is 34.1 Å². The molecule has 0 saturated heterocycles. The van der Waals surface area contributed by atoms with Crippen LogP contribution in [0.1, 0.15) is 16.3 Å². The number of pyridine rings is 1. The molecule has 4 aromatic rings. The lowest BCUT2D eigenvalue weighted by atomic mass is 10.1. The molecule has 0 amide bonds. The van der Waals surface area contributed by atoms with Gasteiger partial charge < -0.3 is 4.74 Å². The fourth-order valence-corrected chi connectivity index (χ4v) is 4.63. The molecular weight excluding hydrogens is 360 g/mol. The maximum absolute atomic E-state index is 5.21. The molecule has 0 N–H and O–H groups in total. The zero-order chi connectivity index (χ0) is 17.8. The number of thiazole rings is 1. The fourth-order valence-electron chi connectivity index (χ4n) is 2.76. The van der Waals surface area contributed by atoms with Crippen LogP contribution >= 0.6 is 23.1 Å². The Labute approximate surface area is 161 Å². The number of para-hydroxylation sites is 1. The Bertz CT molecular complexity index is 1010. The van der Waals surface area contributed by atoms with E-state index in [1.54, 1.807) is 30.2 Å². The molecule has 2 heterocycles. The SMILES string of the molecule is COc1ccc(Cc2nc(CSc3cccc4cccnc34)cs2)cc1. The number of benzene rings is 2. The number of aromatic nitrogens is 2. The normalized spacial score (nSPS) is 11.0. The second-order valence-electron chi connectivity index (χ2n) is 5.88. The molecule has 0 spiro atoms. The Morgan fingerprint density at radius 3 is 2.73 bits per heavy atom. The van der Waals surface area contributed by atoms with Gasteiger partial charge >= 0.3 is 0 Å². The van der Waals surface area contributed by atoms with Crippen LogP contribution in [0.5, 0.6) is 5.75 Å².